The zero-order valence-electron chi connectivity index (χ0n) is 15.1. The average molecular weight is 350 g/mol. The molecule has 1 aliphatic heterocycles. The second-order valence-electron chi connectivity index (χ2n) is 6.71. The number of aryl methyl sites for hydroxylation is 2. The number of fused-ring (bicyclic) bond motifs is 1. The molecule has 26 heavy (non-hydrogen) atoms. The molecule has 3 heterocycles. The molecule has 0 spiro atoms. The number of carbonyl (C=O) groups excluding carboxylic acids is 1. The molecule has 0 N–H and O–H groups in total. The highest BCUT2D eigenvalue weighted by molar-refractivity contribution is 5.86. The Hall–Kier alpha value is -2.89. The zero-order chi connectivity index (χ0) is 18.1. The lowest BCUT2D eigenvalue weighted by Crippen LogP contribution is -2.32. The topological polar surface area (TPSA) is 60.2 Å². The SMILES string of the molecule is Cc1cc(C)n(-c2ccc3cccc(OCC(=O)N4CCCC4)c3n2)n1. The Morgan fingerprint density at radius 2 is 1.96 bits per heavy atom. The third-order valence-electron chi connectivity index (χ3n) is 4.71. The first-order chi connectivity index (χ1) is 12.6. The van der Waals surface area contributed by atoms with Gasteiger partial charge in [-0.1, -0.05) is 12.1 Å². The number of carbonyl (C=O) groups is 1. The molecule has 0 unspecified atom stereocenters. The lowest BCUT2D eigenvalue weighted by atomic mass is 10.2. The first kappa shape index (κ1) is 16.6. The fraction of sp³-hybridized carbons (Fsp3) is 0.350. The standard InChI is InChI=1S/C20H22N4O2/c1-14-12-15(2)24(22-14)18-9-8-16-6-5-7-17(20(16)21-18)26-13-19(25)23-10-3-4-11-23/h5-9,12H,3-4,10-11,13H2,1-2H3. The van der Waals surface area contributed by atoms with E-state index >= 15 is 0 Å². The number of nitrogens with zero attached hydrogens (tertiary/aromatic N) is 4. The molecule has 4 rings (SSSR count). The maximum absolute atomic E-state index is 12.3. The summed E-state index contributed by atoms with van der Waals surface area (Å²) in [6, 6.07) is 11.7. The van der Waals surface area contributed by atoms with Gasteiger partial charge < -0.3 is 9.64 Å². The van der Waals surface area contributed by atoms with Crippen LogP contribution >= 0.6 is 0 Å². The van der Waals surface area contributed by atoms with Crippen LogP contribution in [0, 0.1) is 13.8 Å². The van der Waals surface area contributed by atoms with E-state index in [0.717, 1.165) is 54.0 Å². The predicted molar refractivity (Wildman–Crippen MR) is 99.6 cm³/mol. The van der Waals surface area contributed by atoms with Crippen molar-refractivity contribution in [2.24, 2.45) is 0 Å². The number of hydrogen-bond donors (Lipinski definition) is 0. The van der Waals surface area contributed by atoms with Gasteiger partial charge in [0.15, 0.2) is 12.4 Å². The number of hydrogen-bond acceptors (Lipinski definition) is 4. The minimum Gasteiger partial charge on any atom is -0.481 e. The maximum atomic E-state index is 12.3. The van der Waals surface area contributed by atoms with Gasteiger partial charge in [-0.05, 0) is 51.0 Å². The number of rotatable bonds is 4. The Balaban J connectivity index is 1.63. The van der Waals surface area contributed by atoms with Crippen molar-refractivity contribution in [1.82, 2.24) is 19.7 Å². The van der Waals surface area contributed by atoms with Gasteiger partial charge >= 0.3 is 0 Å². The molecule has 6 heteroatoms. The van der Waals surface area contributed by atoms with Gasteiger partial charge in [0.2, 0.25) is 0 Å². The van der Waals surface area contributed by atoms with Gasteiger partial charge in [0.25, 0.3) is 5.91 Å². The molecule has 1 aromatic carbocycles. The Bertz CT molecular complexity index is 958. The molecule has 0 radical (unpaired) electrons. The second-order valence-corrected chi connectivity index (χ2v) is 6.71. The normalized spacial score (nSPS) is 14.2. The molecule has 0 saturated carbocycles. The molecular weight excluding hydrogens is 328 g/mol. The van der Waals surface area contributed by atoms with Crippen LogP contribution in [0.25, 0.3) is 16.7 Å². The Morgan fingerprint density at radius 1 is 1.15 bits per heavy atom. The lowest BCUT2D eigenvalue weighted by molar-refractivity contribution is -0.132. The van der Waals surface area contributed by atoms with Gasteiger partial charge in [0.1, 0.15) is 11.3 Å². The number of pyridine rings is 1. The summed E-state index contributed by atoms with van der Waals surface area (Å²) in [7, 11) is 0. The third kappa shape index (κ3) is 3.14. The minimum atomic E-state index is 0.0363. The molecular formula is C20H22N4O2. The largest absolute Gasteiger partial charge is 0.481 e. The van der Waals surface area contributed by atoms with Crippen molar-refractivity contribution in [2.75, 3.05) is 19.7 Å². The van der Waals surface area contributed by atoms with Crippen molar-refractivity contribution in [3.63, 3.8) is 0 Å². The van der Waals surface area contributed by atoms with Crippen LogP contribution in [0.5, 0.6) is 5.75 Å². The van der Waals surface area contributed by atoms with Crippen LogP contribution < -0.4 is 4.74 Å². The molecule has 1 amide bonds. The van der Waals surface area contributed by atoms with Crippen LogP contribution in [0.1, 0.15) is 24.2 Å². The van der Waals surface area contributed by atoms with Crippen molar-refractivity contribution in [1.29, 1.82) is 0 Å². The van der Waals surface area contributed by atoms with Crippen LogP contribution in [0.2, 0.25) is 0 Å². The van der Waals surface area contributed by atoms with Crippen molar-refractivity contribution in [3.8, 4) is 11.6 Å². The van der Waals surface area contributed by atoms with Gasteiger partial charge in [0.05, 0.1) is 5.69 Å². The van der Waals surface area contributed by atoms with Gasteiger partial charge in [-0.2, -0.15) is 5.10 Å². The lowest BCUT2D eigenvalue weighted by Gasteiger charge is -2.16. The fourth-order valence-corrected chi connectivity index (χ4v) is 3.40. The summed E-state index contributed by atoms with van der Waals surface area (Å²) in [6.45, 7) is 5.67. The van der Waals surface area contributed by atoms with Crippen LogP contribution in [0.4, 0.5) is 0 Å². The fourth-order valence-electron chi connectivity index (χ4n) is 3.40. The Morgan fingerprint density at radius 3 is 2.69 bits per heavy atom. The highest BCUT2D eigenvalue weighted by atomic mass is 16.5. The van der Waals surface area contributed by atoms with Gasteiger partial charge in [-0.3, -0.25) is 4.79 Å². The number of likely N-dealkylation sites (tertiary alicyclic amines) is 1. The number of para-hydroxylation sites is 1. The summed E-state index contributed by atoms with van der Waals surface area (Å²) >= 11 is 0. The summed E-state index contributed by atoms with van der Waals surface area (Å²) in [5.74, 6) is 1.40. The summed E-state index contributed by atoms with van der Waals surface area (Å²) in [6.07, 6.45) is 2.15. The van der Waals surface area contributed by atoms with E-state index < -0.39 is 0 Å². The maximum Gasteiger partial charge on any atom is 0.260 e. The van der Waals surface area contributed by atoms with Crippen LogP contribution in [-0.2, 0) is 4.79 Å². The summed E-state index contributed by atoms with van der Waals surface area (Å²) in [5.41, 5.74) is 2.72. The van der Waals surface area contributed by atoms with Gasteiger partial charge in [-0.15, -0.1) is 0 Å². The Labute approximate surface area is 152 Å². The van der Waals surface area contributed by atoms with E-state index in [1.165, 1.54) is 0 Å². The molecule has 0 bridgehead atoms. The molecule has 1 saturated heterocycles. The zero-order valence-corrected chi connectivity index (χ0v) is 15.1. The number of ether oxygens (including phenoxy) is 1. The molecule has 2 aromatic heterocycles. The van der Waals surface area contributed by atoms with E-state index in [4.69, 9.17) is 9.72 Å². The first-order valence-electron chi connectivity index (χ1n) is 8.96. The van der Waals surface area contributed by atoms with Crippen molar-refractivity contribution in [2.45, 2.75) is 26.7 Å². The smallest absolute Gasteiger partial charge is 0.260 e. The van der Waals surface area contributed by atoms with Crippen molar-refractivity contribution >= 4 is 16.8 Å². The van der Waals surface area contributed by atoms with Crippen molar-refractivity contribution < 1.29 is 9.53 Å². The third-order valence-corrected chi connectivity index (χ3v) is 4.71. The molecule has 134 valence electrons. The first-order valence-corrected chi connectivity index (χ1v) is 8.96. The van der Waals surface area contributed by atoms with Gasteiger partial charge in [0, 0.05) is 24.2 Å². The number of amides is 1. The molecule has 1 fully saturated rings. The highest BCUT2D eigenvalue weighted by Crippen LogP contribution is 2.25. The van der Waals surface area contributed by atoms with Gasteiger partial charge in [-0.25, -0.2) is 9.67 Å². The van der Waals surface area contributed by atoms with Crippen LogP contribution in [0.15, 0.2) is 36.4 Å². The van der Waals surface area contributed by atoms with E-state index in [2.05, 4.69) is 5.10 Å². The molecule has 6 nitrogen and oxygen atoms in total. The summed E-state index contributed by atoms with van der Waals surface area (Å²) in [4.78, 5) is 18.9. The molecule has 1 aliphatic rings. The van der Waals surface area contributed by atoms with E-state index in [0.29, 0.717) is 5.75 Å². The molecule has 0 atom stereocenters. The van der Waals surface area contributed by atoms with E-state index in [-0.39, 0.29) is 12.5 Å². The highest BCUT2D eigenvalue weighted by Gasteiger charge is 2.18. The predicted octanol–water partition coefficient (Wildman–Crippen LogP) is 3.04. The minimum absolute atomic E-state index is 0.0363. The van der Waals surface area contributed by atoms with Crippen LogP contribution in [0.3, 0.4) is 0 Å². The summed E-state index contributed by atoms with van der Waals surface area (Å²) < 4.78 is 7.66. The number of aromatic nitrogens is 3. The second kappa shape index (κ2) is 6.78. The van der Waals surface area contributed by atoms with Crippen LogP contribution in [-0.4, -0.2) is 45.3 Å². The summed E-state index contributed by atoms with van der Waals surface area (Å²) in [5, 5.41) is 5.47. The molecule has 3 aromatic rings. The van der Waals surface area contributed by atoms with E-state index in [1.807, 2.05) is 59.8 Å². The van der Waals surface area contributed by atoms with Crippen molar-refractivity contribution in [3.05, 3.63) is 47.8 Å². The number of benzene rings is 1. The monoisotopic (exact) mass is 350 g/mol. The van der Waals surface area contributed by atoms with E-state index in [9.17, 15) is 4.79 Å². The molecule has 0 aliphatic carbocycles. The average Bonchev–Trinajstić information content (AvgIpc) is 3.29. The van der Waals surface area contributed by atoms with E-state index in [1.54, 1.807) is 0 Å². The Kier molecular flexibility index (Phi) is 4.32. The quantitative estimate of drug-likeness (QED) is 0.726.